The normalized spacial score (nSPS) is 16.3. The lowest BCUT2D eigenvalue weighted by molar-refractivity contribution is -0.384. The van der Waals surface area contributed by atoms with Gasteiger partial charge < -0.3 is 4.74 Å². The highest BCUT2D eigenvalue weighted by molar-refractivity contribution is 7.89. The van der Waals surface area contributed by atoms with Crippen molar-refractivity contribution in [1.29, 1.82) is 0 Å². The number of piperidine rings is 1. The minimum atomic E-state index is -3.80. The molecule has 8 nitrogen and oxygen atoms in total. The van der Waals surface area contributed by atoms with Crippen LogP contribution in [0.4, 0.5) is 5.69 Å². The molecule has 1 saturated heterocycles. The second-order valence-electron chi connectivity index (χ2n) is 6.96. The molecule has 0 spiro atoms. The summed E-state index contributed by atoms with van der Waals surface area (Å²) in [5.74, 6) is 0.720. The molecule has 0 radical (unpaired) electrons. The van der Waals surface area contributed by atoms with E-state index in [0.717, 1.165) is 37.2 Å². The van der Waals surface area contributed by atoms with Gasteiger partial charge >= 0.3 is 0 Å². The summed E-state index contributed by atoms with van der Waals surface area (Å²) < 4.78 is 33.7. The molecule has 0 amide bonds. The van der Waals surface area contributed by atoms with Gasteiger partial charge in [0.2, 0.25) is 10.0 Å². The molecule has 1 heterocycles. The van der Waals surface area contributed by atoms with Crippen LogP contribution >= 0.6 is 0 Å². The summed E-state index contributed by atoms with van der Waals surface area (Å²) in [7, 11) is -2.20. The zero-order valence-corrected chi connectivity index (χ0v) is 17.1. The number of rotatable bonds is 8. The first-order valence-electron chi connectivity index (χ1n) is 9.53. The van der Waals surface area contributed by atoms with E-state index in [1.54, 1.807) is 7.11 Å². The van der Waals surface area contributed by atoms with E-state index in [1.165, 1.54) is 30.7 Å². The molecule has 0 bridgehead atoms. The van der Waals surface area contributed by atoms with Crippen LogP contribution in [0.15, 0.2) is 53.4 Å². The van der Waals surface area contributed by atoms with Crippen molar-refractivity contribution in [3.63, 3.8) is 0 Å². The lowest BCUT2D eigenvalue weighted by atomic mass is 10.0. The molecule has 156 valence electrons. The van der Waals surface area contributed by atoms with E-state index < -0.39 is 14.9 Å². The average molecular weight is 420 g/mol. The van der Waals surface area contributed by atoms with Crippen LogP contribution in [0.1, 0.15) is 30.9 Å². The maximum atomic E-state index is 12.8. The van der Waals surface area contributed by atoms with Crippen LogP contribution in [0.25, 0.3) is 0 Å². The Morgan fingerprint density at radius 1 is 1.10 bits per heavy atom. The van der Waals surface area contributed by atoms with E-state index in [0.29, 0.717) is 0 Å². The lowest BCUT2D eigenvalue weighted by Gasteiger charge is -2.35. The molecule has 1 atom stereocenters. The van der Waals surface area contributed by atoms with Gasteiger partial charge in [0, 0.05) is 24.2 Å². The van der Waals surface area contributed by atoms with E-state index in [9.17, 15) is 18.5 Å². The number of hydrogen-bond acceptors (Lipinski definition) is 6. The Morgan fingerprint density at radius 2 is 1.76 bits per heavy atom. The standard InChI is InChI=1S/C20H25N3O5S/c1-28-20-8-4-3-7-18(20)19(22-13-5-2-6-14-22)15-21-29(26,27)17-11-9-16(10-12-17)23(24)25/h3-4,7-12,19,21H,2,5-6,13-15H2,1H3. The first kappa shape index (κ1) is 21.2. The first-order valence-corrected chi connectivity index (χ1v) is 11.0. The Bertz CT molecular complexity index is 941. The molecular weight excluding hydrogens is 394 g/mol. The summed E-state index contributed by atoms with van der Waals surface area (Å²) >= 11 is 0. The number of non-ortho nitro benzene ring substituents is 1. The quantitative estimate of drug-likeness (QED) is 0.521. The number of nitrogens with one attached hydrogen (secondary N) is 1. The molecule has 9 heteroatoms. The monoisotopic (exact) mass is 419 g/mol. The van der Waals surface area contributed by atoms with Crippen molar-refractivity contribution in [1.82, 2.24) is 9.62 Å². The van der Waals surface area contributed by atoms with Gasteiger partial charge in [0.25, 0.3) is 5.69 Å². The molecule has 3 rings (SSSR count). The fraction of sp³-hybridized carbons (Fsp3) is 0.400. The fourth-order valence-electron chi connectivity index (χ4n) is 3.63. The SMILES string of the molecule is COc1ccccc1C(CNS(=O)(=O)c1ccc([N+](=O)[O-])cc1)N1CCCCC1. The minimum absolute atomic E-state index is 0.000482. The van der Waals surface area contributed by atoms with Gasteiger partial charge in [-0.15, -0.1) is 0 Å². The number of sulfonamides is 1. The summed E-state index contributed by atoms with van der Waals surface area (Å²) in [6.45, 7) is 1.96. The summed E-state index contributed by atoms with van der Waals surface area (Å²) in [5, 5.41) is 10.8. The van der Waals surface area contributed by atoms with Gasteiger partial charge in [-0.25, -0.2) is 13.1 Å². The Balaban J connectivity index is 1.82. The van der Waals surface area contributed by atoms with Gasteiger partial charge in [-0.1, -0.05) is 24.6 Å². The Morgan fingerprint density at radius 3 is 2.38 bits per heavy atom. The fourth-order valence-corrected chi connectivity index (χ4v) is 4.66. The molecule has 29 heavy (non-hydrogen) atoms. The van der Waals surface area contributed by atoms with Crippen LogP contribution in [0.3, 0.4) is 0 Å². The maximum Gasteiger partial charge on any atom is 0.269 e. The molecular formula is C20H25N3O5S. The number of benzene rings is 2. The summed E-state index contributed by atoms with van der Waals surface area (Å²) in [6.07, 6.45) is 3.31. The highest BCUT2D eigenvalue weighted by Gasteiger charge is 2.27. The minimum Gasteiger partial charge on any atom is -0.496 e. The number of nitrogens with zero attached hydrogens (tertiary/aromatic N) is 2. The van der Waals surface area contributed by atoms with E-state index >= 15 is 0 Å². The van der Waals surface area contributed by atoms with Gasteiger partial charge in [-0.2, -0.15) is 0 Å². The zero-order valence-electron chi connectivity index (χ0n) is 16.3. The average Bonchev–Trinajstić information content (AvgIpc) is 2.75. The highest BCUT2D eigenvalue weighted by Crippen LogP contribution is 2.31. The van der Waals surface area contributed by atoms with Gasteiger partial charge in [-0.3, -0.25) is 15.0 Å². The molecule has 0 saturated carbocycles. The van der Waals surface area contributed by atoms with Crippen LogP contribution in [0.5, 0.6) is 5.75 Å². The Kier molecular flexibility index (Phi) is 6.83. The van der Waals surface area contributed by atoms with Crippen LogP contribution in [0, 0.1) is 10.1 Å². The molecule has 2 aromatic carbocycles. The topological polar surface area (TPSA) is 102 Å². The van der Waals surface area contributed by atoms with Crippen LogP contribution in [-0.2, 0) is 10.0 Å². The van der Waals surface area contributed by atoms with Gasteiger partial charge in [0.15, 0.2) is 0 Å². The third kappa shape index (κ3) is 5.11. The van der Waals surface area contributed by atoms with Crippen molar-refractivity contribution in [2.45, 2.75) is 30.2 Å². The molecule has 2 aromatic rings. The van der Waals surface area contributed by atoms with Crippen molar-refractivity contribution >= 4 is 15.7 Å². The summed E-state index contributed by atoms with van der Waals surface area (Å²) in [4.78, 5) is 12.5. The first-order chi connectivity index (χ1) is 13.9. The van der Waals surface area contributed by atoms with Crippen molar-refractivity contribution in [3.8, 4) is 5.75 Å². The molecule has 1 unspecified atom stereocenters. The second-order valence-corrected chi connectivity index (χ2v) is 8.72. The van der Waals surface area contributed by atoms with Crippen molar-refractivity contribution in [3.05, 3.63) is 64.2 Å². The maximum absolute atomic E-state index is 12.8. The van der Waals surface area contributed by atoms with Crippen molar-refractivity contribution in [2.24, 2.45) is 0 Å². The molecule has 1 aliphatic rings. The molecule has 1 aliphatic heterocycles. The van der Waals surface area contributed by atoms with Crippen molar-refractivity contribution < 1.29 is 18.1 Å². The van der Waals surface area contributed by atoms with E-state index in [-0.39, 0.29) is 23.2 Å². The third-order valence-corrected chi connectivity index (χ3v) is 6.59. The number of hydrogen-bond donors (Lipinski definition) is 1. The van der Waals surface area contributed by atoms with Gasteiger partial charge in [-0.05, 0) is 44.1 Å². The number of ether oxygens (including phenoxy) is 1. The number of para-hydroxylation sites is 1. The highest BCUT2D eigenvalue weighted by atomic mass is 32.2. The van der Waals surface area contributed by atoms with Gasteiger partial charge in [0.1, 0.15) is 5.75 Å². The van der Waals surface area contributed by atoms with Crippen LogP contribution < -0.4 is 9.46 Å². The van der Waals surface area contributed by atoms with E-state index in [4.69, 9.17) is 4.74 Å². The Labute approximate surface area is 170 Å². The number of methoxy groups -OCH3 is 1. The predicted molar refractivity (Wildman–Crippen MR) is 109 cm³/mol. The third-order valence-electron chi connectivity index (χ3n) is 5.15. The second kappa shape index (κ2) is 9.34. The summed E-state index contributed by atoms with van der Waals surface area (Å²) in [6, 6.07) is 12.3. The molecule has 0 aromatic heterocycles. The molecule has 1 N–H and O–H groups in total. The number of nitro groups is 1. The largest absolute Gasteiger partial charge is 0.496 e. The van der Waals surface area contributed by atoms with Crippen molar-refractivity contribution in [2.75, 3.05) is 26.7 Å². The number of likely N-dealkylation sites (tertiary alicyclic amines) is 1. The predicted octanol–water partition coefficient (Wildman–Crippen LogP) is 3.11. The lowest BCUT2D eigenvalue weighted by Crippen LogP contribution is -2.40. The van der Waals surface area contributed by atoms with Crippen LogP contribution in [-0.4, -0.2) is 45.0 Å². The van der Waals surface area contributed by atoms with Crippen LogP contribution in [0.2, 0.25) is 0 Å². The van der Waals surface area contributed by atoms with Gasteiger partial charge in [0.05, 0.1) is 23.0 Å². The van der Waals surface area contributed by atoms with E-state index in [2.05, 4.69) is 9.62 Å². The number of nitro benzene ring substituents is 1. The molecule has 0 aliphatic carbocycles. The zero-order chi connectivity index (χ0) is 20.9. The Hall–Kier alpha value is -2.49. The van der Waals surface area contributed by atoms with E-state index in [1.807, 2.05) is 24.3 Å². The molecule has 1 fully saturated rings. The summed E-state index contributed by atoms with van der Waals surface area (Å²) in [5.41, 5.74) is 0.785. The smallest absolute Gasteiger partial charge is 0.269 e.